The SMILES string of the molecule is [B]c1c(CN=O)cc(OC)c(O)c1CN=O. The number of hydrogen-bond acceptors (Lipinski definition) is 6. The molecule has 0 spiro atoms. The Balaban J connectivity index is 3.37. The lowest BCUT2D eigenvalue weighted by Crippen LogP contribution is -2.16. The smallest absolute Gasteiger partial charge is 0.162 e. The molecule has 0 bridgehead atoms. The van der Waals surface area contributed by atoms with E-state index in [0.717, 1.165) is 0 Å². The summed E-state index contributed by atoms with van der Waals surface area (Å²) in [5.41, 5.74) is 0.675. The number of rotatable bonds is 5. The molecule has 1 N–H and O–H groups in total. The van der Waals surface area contributed by atoms with Gasteiger partial charge in [0.2, 0.25) is 0 Å². The third kappa shape index (κ3) is 2.18. The van der Waals surface area contributed by atoms with E-state index in [4.69, 9.17) is 12.6 Å². The highest BCUT2D eigenvalue weighted by Gasteiger charge is 2.15. The largest absolute Gasteiger partial charge is 0.504 e. The third-order valence-corrected chi connectivity index (χ3v) is 2.17. The molecule has 0 aliphatic carbocycles. The number of nitroso groups, excluding NO2 is 2. The first-order valence-electron chi connectivity index (χ1n) is 4.41. The summed E-state index contributed by atoms with van der Waals surface area (Å²) in [5, 5.41) is 15.0. The molecule has 2 radical (unpaired) electrons. The summed E-state index contributed by atoms with van der Waals surface area (Å²) < 4.78 is 4.88. The van der Waals surface area contributed by atoms with Crippen LogP contribution in [-0.4, -0.2) is 20.1 Å². The summed E-state index contributed by atoms with van der Waals surface area (Å²) in [6.45, 7) is -0.449. The van der Waals surface area contributed by atoms with Gasteiger partial charge in [0.1, 0.15) is 20.9 Å². The molecule has 0 amide bonds. The molecule has 1 rings (SSSR count). The number of benzene rings is 1. The quantitative estimate of drug-likeness (QED) is 0.584. The first-order valence-corrected chi connectivity index (χ1v) is 4.41. The van der Waals surface area contributed by atoms with E-state index in [1.165, 1.54) is 13.2 Å². The second-order valence-corrected chi connectivity index (χ2v) is 3.05. The Labute approximate surface area is 93.0 Å². The molecule has 6 nitrogen and oxygen atoms in total. The van der Waals surface area contributed by atoms with Crippen LogP contribution in [0.3, 0.4) is 0 Å². The molecule has 1 aromatic rings. The molecule has 0 saturated carbocycles. The zero-order chi connectivity index (χ0) is 12.1. The number of nitrogens with zero attached hydrogens (tertiary/aromatic N) is 2. The summed E-state index contributed by atoms with van der Waals surface area (Å²) >= 11 is 0. The third-order valence-electron chi connectivity index (χ3n) is 2.17. The molecule has 0 aliphatic heterocycles. The van der Waals surface area contributed by atoms with Crippen molar-refractivity contribution in [1.82, 2.24) is 0 Å². The van der Waals surface area contributed by atoms with Gasteiger partial charge in [0.05, 0.1) is 7.11 Å². The van der Waals surface area contributed by atoms with E-state index in [1.807, 2.05) is 0 Å². The van der Waals surface area contributed by atoms with Gasteiger partial charge in [-0.1, -0.05) is 15.8 Å². The van der Waals surface area contributed by atoms with Gasteiger partial charge in [-0.2, -0.15) is 9.81 Å². The predicted octanol–water partition coefficient (Wildman–Crippen LogP) is 0.727. The average Bonchev–Trinajstić information content (AvgIpc) is 2.28. The fraction of sp³-hybridized carbons (Fsp3) is 0.333. The molecule has 0 aliphatic rings. The minimum absolute atomic E-state index is 0.131. The van der Waals surface area contributed by atoms with Gasteiger partial charge in [-0.05, 0) is 11.6 Å². The Morgan fingerprint density at radius 2 is 2.00 bits per heavy atom. The lowest BCUT2D eigenvalue weighted by atomic mass is 9.84. The zero-order valence-corrected chi connectivity index (χ0v) is 8.64. The van der Waals surface area contributed by atoms with Crippen molar-refractivity contribution in [2.45, 2.75) is 13.1 Å². The van der Waals surface area contributed by atoms with Crippen molar-refractivity contribution in [2.75, 3.05) is 7.11 Å². The van der Waals surface area contributed by atoms with Gasteiger partial charge >= 0.3 is 0 Å². The summed E-state index contributed by atoms with van der Waals surface area (Å²) in [6, 6.07) is 1.40. The minimum Gasteiger partial charge on any atom is -0.504 e. The molecule has 0 saturated heterocycles. The zero-order valence-electron chi connectivity index (χ0n) is 8.64. The number of methoxy groups -OCH3 is 1. The molecule has 0 fully saturated rings. The Bertz CT molecular complexity index is 422. The lowest BCUT2D eigenvalue weighted by molar-refractivity contribution is 0.370. The van der Waals surface area contributed by atoms with Gasteiger partial charge < -0.3 is 9.84 Å². The van der Waals surface area contributed by atoms with E-state index in [1.54, 1.807) is 0 Å². The Kier molecular flexibility index (Phi) is 3.99. The molecule has 0 atom stereocenters. The van der Waals surface area contributed by atoms with Gasteiger partial charge in [0.15, 0.2) is 11.5 Å². The van der Waals surface area contributed by atoms with Crippen LogP contribution in [0, 0.1) is 9.81 Å². The lowest BCUT2D eigenvalue weighted by Gasteiger charge is -2.13. The second-order valence-electron chi connectivity index (χ2n) is 3.05. The number of hydrogen-bond donors (Lipinski definition) is 1. The van der Waals surface area contributed by atoms with Crippen molar-refractivity contribution < 1.29 is 9.84 Å². The van der Waals surface area contributed by atoms with E-state index in [-0.39, 0.29) is 35.6 Å². The Hall–Kier alpha value is -1.92. The average molecular weight is 220 g/mol. The maximum absolute atomic E-state index is 10.2. The topological polar surface area (TPSA) is 88.3 Å². The van der Waals surface area contributed by atoms with Gasteiger partial charge in [-0.3, -0.25) is 0 Å². The maximum Gasteiger partial charge on any atom is 0.162 e. The van der Waals surface area contributed by atoms with E-state index in [9.17, 15) is 14.9 Å². The van der Waals surface area contributed by atoms with Crippen molar-refractivity contribution in [2.24, 2.45) is 10.4 Å². The van der Waals surface area contributed by atoms with Crippen molar-refractivity contribution in [3.63, 3.8) is 0 Å². The van der Waals surface area contributed by atoms with Gasteiger partial charge in [-0.25, -0.2) is 0 Å². The summed E-state index contributed by atoms with van der Waals surface area (Å²) in [4.78, 5) is 20.4. The molecule has 0 unspecified atom stereocenters. The van der Waals surface area contributed by atoms with Crippen LogP contribution in [0.2, 0.25) is 0 Å². The molecular weight excluding hydrogens is 211 g/mol. The van der Waals surface area contributed by atoms with Crippen molar-refractivity contribution in [1.29, 1.82) is 0 Å². The first-order chi connectivity index (χ1) is 7.65. The summed E-state index contributed by atoms with van der Waals surface area (Å²) in [6.07, 6.45) is 0. The summed E-state index contributed by atoms with van der Waals surface area (Å²) in [7, 11) is 7.02. The van der Waals surface area contributed by atoms with Crippen LogP contribution in [0.15, 0.2) is 16.4 Å². The van der Waals surface area contributed by atoms with Gasteiger partial charge in [0, 0.05) is 5.56 Å². The molecule has 7 heteroatoms. The van der Waals surface area contributed by atoms with Crippen LogP contribution >= 0.6 is 0 Å². The molecule has 1 aromatic carbocycles. The van der Waals surface area contributed by atoms with Crippen molar-refractivity contribution in [3.05, 3.63) is 27.0 Å². The number of ether oxygens (including phenoxy) is 1. The predicted molar refractivity (Wildman–Crippen MR) is 59.0 cm³/mol. The highest BCUT2D eigenvalue weighted by atomic mass is 16.5. The van der Waals surface area contributed by atoms with Crippen LogP contribution in [0.4, 0.5) is 0 Å². The van der Waals surface area contributed by atoms with E-state index in [2.05, 4.69) is 10.4 Å². The summed E-state index contributed by atoms with van der Waals surface area (Å²) in [5.74, 6) is -0.110. The van der Waals surface area contributed by atoms with Crippen LogP contribution in [0.5, 0.6) is 11.5 Å². The van der Waals surface area contributed by atoms with Crippen molar-refractivity contribution >= 4 is 13.3 Å². The van der Waals surface area contributed by atoms with Crippen LogP contribution in [-0.2, 0) is 13.1 Å². The fourth-order valence-corrected chi connectivity index (χ4v) is 1.36. The molecule has 0 heterocycles. The van der Waals surface area contributed by atoms with E-state index in [0.29, 0.717) is 5.56 Å². The monoisotopic (exact) mass is 220 g/mol. The minimum atomic E-state index is -0.291. The first kappa shape index (κ1) is 12.2. The fourth-order valence-electron chi connectivity index (χ4n) is 1.36. The van der Waals surface area contributed by atoms with Crippen LogP contribution in [0.1, 0.15) is 11.1 Å². The van der Waals surface area contributed by atoms with Gasteiger partial charge in [0.25, 0.3) is 0 Å². The standard InChI is InChI=1S/C9H9BN2O4/c1-16-7-2-5(3-11-14)8(10)6(4-12-15)9(7)13/h2,13H,3-4H2,1H3. The Morgan fingerprint density at radius 1 is 1.38 bits per heavy atom. The maximum atomic E-state index is 10.2. The number of aromatic hydroxyl groups is 1. The normalized spacial score (nSPS) is 9.81. The highest BCUT2D eigenvalue weighted by molar-refractivity contribution is 6.34. The highest BCUT2D eigenvalue weighted by Crippen LogP contribution is 2.30. The van der Waals surface area contributed by atoms with Gasteiger partial charge in [-0.15, -0.1) is 0 Å². The molecular formula is C9H9BN2O4. The number of phenols is 1. The van der Waals surface area contributed by atoms with Crippen molar-refractivity contribution in [3.8, 4) is 11.5 Å². The van der Waals surface area contributed by atoms with E-state index >= 15 is 0 Å². The molecule has 0 aromatic heterocycles. The molecule has 82 valence electrons. The van der Waals surface area contributed by atoms with Crippen LogP contribution < -0.4 is 10.2 Å². The Morgan fingerprint density at radius 3 is 2.50 bits per heavy atom. The molecule has 16 heavy (non-hydrogen) atoms. The second kappa shape index (κ2) is 5.25. The van der Waals surface area contributed by atoms with Crippen LogP contribution in [0.25, 0.3) is 0 Å². The van der Waals surface area contributed by atoms with E-state index < -0.39 is 0 Å². The number of phenolic OH excluding ortho intramolecular Hbond substituents is 1.